The highest BCUT2D eigenvalue weighted by atomic mass is 32.2. The van der Waals surface area contributed by atoms with Crippen LogP contribution in [0.15, 0.2) is 48.5 Å². The normalized spacial score (nSPS) is 11.6. The molecule has 0 saturated carbocycles. The molecule has 6 N–H and O–H groups in total. The van der Waals surface area contributed by atoms with E-state index in [9.17, 15) is 14.4 Å². The van der Waals surface area contributed by atoms with Gasteiger partial charge in [-0.1, -0.05) is 26.2 Å². The van der Waals surface area contributed by atoms with Crippen LogP contribution in [0.25, 0.3) is 0 Å². The van der Waals surface area contributed by atoms with Gasteiger partial charge in [0.15, 0.2) is 0 Å². The summed E-state index contributed by atoms with van der Waals surface area (Å²) in [5.41, 5.74) is 9.59. The Morgan fingerprint density at radius 1 is 1.00 bits per heavy atom. The van der Waals surface area contributed by atoms with Gasteiger partial charge >= 0.3 is 0 Å². The SMILES string of the molecule is C.CCSC[C@H](NC(=O)c1ccc(C#Cc2ccc(NC(=O)[C@H](C)N)cc2)cc1)C(=O)NO. The first-order valence-corrected chi connectivity index (χ1v) is 11.1. The van der Waals surface area contributed by atoms with Gasteiger partial charge in [-0.15, -0.1) is 0 Å². The van der Waals surface area contributed by atoms with Crippen molar-refractivity contribution in [1.82, 2.24) is 10.8 Å². The number of nitrogens with two attached hydrogens (primary N) is 1. The Bertz CT molecular complexity index is 996. The molecule has 0 aliphatic rings. The lowest BCUT2D eigenvalue weighted by atomic mass is 10.1. The minimum absolute atomic E-state index is 0. The Hall–Kier alpha value is -3.32. The quantitative estimate of drug-likeness (QED) is 0.228. The van der Waals surface area contributed by atoms with E-state index in [2.05, 4.69) is 22.5 Å². The lowest BCUT2D eigenvalue weighted by Crippen LogP contribution is -2.47. The Morgan fingerprint density at radius 3 is 2.03 bits per heavy atom. The second-order valence-corrected chi connectivity index (χ2v) is 8.16. The lowest BCUT2D eigenvalue weighted by molar-refractivity contribution is -0.130. The minimum atomic E-state index is -0.835. The van der Waals surface area contributed by atoms with E-state index in [4.69, 9.17) is 10.9 Å². The maximum absolute atomic E-state index is 12.4. The molecular formula is C24H30N4O4S. The van der Waals surface area contributed by atoms with Gasteiger partial charge in [0, 0.05) is 28.1 Å². The summed E-state index contributed by atoms with van der Waals surface area (Å²) in [6.07, 6.45) is 0. The molecule has 8 nitrogen and oxygen atoms in total. The first-order chi connectivity index (χ1) is 15.3. The summed E-state index contributed by atoms with van der Waals surface area (Å²) < 4.78 is 0. The minimum Gasteiger partial charge on any atom is -0.339 e. The fourth-order valence-corrected chi connectivity index (χ4v) is 3.19. The maximum Gasteiger partial charge on any atom is 0.266 e. The molecule has 33 heavy (non-hydrogen) atoms. The molecule has 0 bridgehead atoms. The molecule has 9 heteroatoms. The van der Waals surface area contributed by atoms with Crippen LogP contribution in [0.2, 0.25) is 0 Å². The Labute approximate surface area is 198 Å². The molecule has 2 aromatic carbocycles. The van der Waals surface area contributed by atoms with Gasteiger partial charge in [0.05, 0.1) is 6.04 Å². The number of amides is 3. The molecular weight excluding hydrogens is 440 g/mol. The van der Waals surface area contributed by atoms with Gasteiger partial charge in [-0.2, -0.15) is 11.8 Å². The summed E-state index contributed by atoms with van der Waals surface area (Å²) in [5.74, 6) is 5.82. The number of hydrogen-bond acceptors (Lipinski definition) is 6. The standard InChI is InChI=1S/C23H26N4O4S.CH4/c1-3-32-14-20(23(30)27-31)26-22(29)18-10-6-16(7-11-18)4-5-17-8-12-19(13-9-17)25-21(28)15(2)24;/h6-13,15,20,31H,3,14,24H2,1-2H3,(H,25,28)(H,26,29)(H,27,30);1H4/t15-,20-;/m0./s1. The van der Waals surface area contributed by atoms with Gasteiger partial charge < -0.3 is 16.4 Å². The molecule has 2 rings (SSSR count). The maximum atomic E-state index is 12.4. The number of nitrogens with one attached hydrogen (secondary N) is 3. The predicted octanol–water partition coefficient (Wildman–Crippen LogP) is 2.37. The van der Waals surface area contributed by atoms with E-state index in [1.54, 1.807) is 60.9 Å². The van der Waals surface area contributed by atoms with E-state index in [1.807, 2.05) is 6.92 Å². The third kappa shape index (κ3) is 8.98. The molecule has 0 aliphatic heterocycles. The number of anilines is 1. The average Bonchev–Trinajstić information content (AvgIpc) is 2.80. The van der Waals surface area contributed by atoms with Gasteiger partial charge in [-0.25, -0.2) is 5.48 Å². The van der Waals surface area contributed by atoms with Gasteiger partial charge in [-0.05, 0) is 61.2 Å². The second-order valence-electron chi connectivity index (χ2n) is 6.84. The van der Waals surface area contributed by atoms with Crippen molar-refractivity contribution in [3.8, 4) is 11.8 Å². The fraction of sp³-hybridized carbons (Fsp3) is 0.292. The van der Waals surface area contributed by atoms with Crippen LogP contribution < -0.4 is 21.8 Å². The summed E-state index contributed by atoms with van der Waals surface area (Å²) in [7, 11) is 0. The molecule has 0 radical (unpaired) electrons. The van der Waals surface area contributed by atoms with Crippen LogP contribution in [0.4, 0.5) is 5.69 Å². The van der Waals surface area contributed by atoms with Gasteiger partial charge in [0.25, 0.3) is 11.8 Å². The topological polar surface area (TPSA) is 134 Å². The third-order valence-electron chi connectivity index (χ3n) is 4.28. The Morgan fingerprint density at radius 2 is 1.55 bits per heavy atom. The monoisotopic (exact) mass is 470 g/mol. The van der Waals surface area contributed by atoms with Crippen LogP contribution in [0.1, 0.15) is 42.8 Å². The zero-order valence-electron chi connectivity index (χ0n) is 17.8. The van der Waals surface area contributed by atoms with Crippen LogP contribution in [-0.2, 0) is 9.59 Å². The van der Waals surface area contributed by atoms with Crippen molar-refractivity contribution in [3.63, 3.8) is 0 Å². The number of benzene rings is 2. The van der Waals surface area contributed by atoms with Crippen LogP contribution in [0.3, 0.4) is 0 Å². The molecule has 2 atom stereocenters. The zero-order chi connectivity index (χ0) is 23.5. The van der Waals surface area contributed by atoms with Crippen molar-refractivity contribution in [3.05, 3.63) is 65.2 Å². The highest BCUT2D eigenvalue weighted by molar-refractivity contribution is 7.99. The van der Waals surface area contributed by atoms with Crippen molar-refractivity contribution in [1.29, 1.82) is 0 Å². The van der Waals surface area contributed by atoms with E-state index in [-0.39, 0.29) is 13.3 Å². The molecule has 0 fully saturated rings. The highest BCUT2D eigenvalue weighted by Crippen LogP contribution is 2.10. The number of hydrogen-bond donors (Lipinski definition) is 5. The smallest absolute Gasteiger partial charge is 0.266 e. The van der Waals surface area contributed by atoms with Crippen LogP contribution in [0.5, 0.6) is 0 Å². The zero-order valence-corrected chi connectivity index (χ0v) is 18.7. The molecule has 176 valence electrons. The van der Waals surface area contributed by atoms with E-state index in [0.29, 0.717) is 22.6 Å². The van der Waals surface area contributed by atoms with Crippen molar-refractivity contribution in [2.24, 2.45) is 5.73 Å². The lowest BCUT2D eigenvalue weighted by Gasteiger charge is -2.16. The Kier molecular flexibility index (Phi) is 11.7. The molecule has 0 aromatic heterocycles. The summed E-state index contributed by atoms with van der Waals surface area (Å²) in [5, 5.41) is 14.2. The van der Waals surface area contributed by atoms with Crippen molar-refractivity contribution < 1.29 is 19.6 Å². The van der Waals surface area contributed by atoms with E-state index < -0.39 is 23.9 Å². The number of carbonyl (C=O) groups is 3. The second kappa shape index (κ2) is 14.0. The van der Waals surface area contributed by atoms with Crippen molar-refractivity contribution in [2.45, 2.75) is 33.4 Å². The number of hydroxylamine groups is 1. The summed E-state index contributed by atoms with van der Waals surface area (Å²) in [6.45, 7) is 3.55. The predicted molar refractivity (Wildman–Crippen MR) is 132 cm³/mol. The summed E-state index contributed by atoms with van der Waals surface area (Å²) in [6, 6.07) is 12.3. The van der Waals surface area contributed by atoms with E-state index in [0.717, 1.165) is 11.3 Å². The van der Waals surface area contributed by atoms with Crippen molar-refractivity contribution >= 4 is 35.2 Å². The van der Waals surface area contributed by atoms with E-state index >= 15 is 0 Å². The van der Waals surface area contributed by atoms with Gasteiger partial charge in [0.1, 0.15) is 6.04 Å². The molecule has 0 aliphatic carbocycles. The van der Waals surface area contributed by atoms with Crippen LogP contribution in [0, 0.1) is 11.8 Å². The molecule has 2 aromatic rings. The largest absolute Gasteiger partial charge is 0.339 e. The van der Waals surface area contributed by atoms with E-state index in [1.165, 1.54) is 11.8 Å². The summed E-state index contributed by atoms with van der Waals surface area (Å²) >= 11 is 1.48. The molecule has 0 heterocycles. The van der Waals surface area contributed by atoms with Crippen LogP contribution in [-0.4, -0.2) is 46.5 Å². The van der Waals surface area contributed by atoms with Gasteiger partial charge in [0.2, 0.25) is 5.91 Å². The molecule has 0 unspecified atom stereocenters. The van der Waals surface area contributed by atoms with Crippen LogP contribution >= 0.6 is 11.8 Å². The Balaban J connectivity index is 0.00000544. The average molecular weight is 471 g/mol. The summed E-state index contributed by atoms with van der Waals surface area (Å²) in [4.78, 5) is 35.8. The first-order valence-electron chi connectivity index (χ1n) is 9.95. The third-order valence-corrected chi connectivity index (χ3v) is 5.26. The first kappa shape index (κ1) is 27.7. The molecule has 0 saturated heterocycles. The molecule has 3 amide bonds. The fourth-order valence-electron chi connectivity index (χ4n) is 2.48. The molecule has 0 spiro atoms. The number of thioether (sulfide) groups is 1. The number of carbonyl (C=O) groups excluding carboxylic acids is 3. The van der Waals surface area contributed by atoms with Gasteiger partial charge in [-0.3, -0.25) is 19.6 Å². The highest BCUT2D eigenvalue weighted by Gasteiger charge is 2.20. The number of rotatable bonds is 8. The van der Waals surface area contributed by atoms with Crippen molar-refractivity contribution in [2.75, 3.05) is 16.8 Å².